The van der Waals surface area contributed by atoms with Crippen LogP contribution in [0.1, 0.15) is 40.9 Å². The van der Waals surface area contributed by atoms with Crippen LogP contribution >= 0.6 is 0 Å². The molecule has 0 unspecified atom stereocenters. The van der Waals surface area contributed by atoms with Crippen molar-refractivity contribution in [2.24, 2.45) is 0 Å². The van der Waals surface area contributed by atoms with Crippen molar-refractivity contribution >= 4 is 11.6 Å². The van der Waals surface area contributed by atoms with Gasteiger partial charge >= 0.3 is 0 Å². The van der Waals surface area contributed by atoms with Gasteiger partial charge in [-0.2, -0.15) is 0 Å². The molecule has 4 rings (SSSR count). The minimum absolute atomic E-state index is 0.170. The molecule has 2 heterocycles. The Morgan fingerprint density at radius 2 is 2.04 bits per heavy atom. The first-order valence-electron chi connectivity index (χ1n) is 8.40. The molecule has 2 aromatic heterocycles. The van der Waals surface area contributed by atoms with Crippen LogP contribution in [0.5, 0.6) is 5.88 Å². The van der Waals surface area contributed by atoms with Gasteiger partial charge in [0.15, 0.2) is 11.3 Å². The lowest BCUT2D eigenvalue weighted by molar-refractivity contribution is 0.0815. The summed E-state index contributed by atoms with van der Waals surface area (Å²) in [6.07, 6.45) is 4.54. The molecule has 25 heavy (non-hydrogen) atoms. The van der Waals surface area contributed by atoms with Crippen molar-refractivity contribution in [3.63, 3.8) is 0 Å². The van der Waals surface area contributed by atoms with E-state index in [-0.39, 0.29) is 11.4 Å². The van der Waals surface area contributed by atoms with Gasteiger partial charge in [-0.3, -0.25) is 4.79 Å². The first-order chi connectivity index (χ1) is 12.1. The molecule has 0 saturated heterocycles. The zero-order valence-electron chi connectivity index (χ0n) is 14.3. The van der Waals surface area contributed by atoms with Crippen LogP contribution in [-0.4, -0.2) is 27.6 Å². The van der Waals surface area contributed by atoms with Crippen LogP contribution < -0.4 is 10.1 Å². The van der Waals surface area contributed by atoms with E-state index < -0.39 is 0 Å². The fourth-order valence-corrected chi connectivity index (χ4v) is 3.50. The van der Waals surface area contributed by atoms with Crippen molar-refractivity contribution in [1.29, 1.82) is 0 Å². The molecule has 1 amide bonds. The molecule has 0 aliphatic heterocycles. The normalized spacial score (nSPS) is 15.6. The van der Waals surface area contributed by atoms with Crippen molar-refractivity contribution in [2.75, 3.05) is 7.11 Å². The smallest absolute Gasteiger partial charge is 0.272 e. The van der Waals surface area contributed by atoms with Gasteiger partial charge in [0.25, 0.3) is 5.91 Å². The van der Waals surface area contributed by atoms with Crippen molar-refractivity contribution in [1.82, 2.24) is 19.9 Å². The Balaban J connectivity index is 1.69. The zero-order valence-corrected chi connectivity index (χ0v) is 14.3. The molecule has 0 spiro atoms. The van der Waals surface area contributed by atoms with Gasteiger partial charge in [0.05, 0.1) is 18.8 Å². The Labute approximate surface area is 145 Å². The topological polar surface area (TPSA) is 68.5 Å². The molecule has 6 nitrogen and oxygen atoms in total. The van der Waals surface area contributed by atoms with E-state index >= 15 is 0 Å². The monoisotopic (exact) mass is 336 g/mol. The highest BCUT2D eigenvalue weighted by molar-refractivity contribution is 5.93. The highest BCUT2D eigenvalue weighted by Gasteiger charge is 2.41. The van der Waals surface area contributed by atoms with Gasteiger partial charge in [0.1, 0.15) is 0 Å². The van der Waals surface area contributed by atoms with E-state index in [2.05, 4.69) is 34.5 Å². The highest BCUT2D eigenvalue weighted by Crippen LogP contribution is 2.42. The molecule has 1 aliphatic rings. The average molecular weight is 336 g/mol. The SMILES string of the molecule is COc1ccc2ncc(C(=O)NC3(c4ccccc4C)CCC3)n2n1. The van der Waals surface area contributed by atoms with Crippen LogP contribution in [0.2, 0.25) is 0 Å². The number of fused-ring (bicyclic) bond motifs is 1. The van der Waals surface area contributed by atoms with E-state index in [1.807, 2.05) is 12.1 Å². The minimum Gasteiger partial charge on any atom is -0.480 e. The highest BCUT2D eigenvalue weighted by atomic mass is 16.5. The van der Waals surface area contributed by atoms with Crippen molar-refractivity contribution in [2.45, 2.75) is 31.7 Å². The molecule has 0 bridgehead atoms. The number of imidazole rings is 1. The van der Waals surface area contributed by atoms with Crippen molar-refractivity contribution < 1.29 is 9.53 Å². The summed E-state index contributed by atoms with van der Waals surface area (Å²) >= 11 is 0. The first-order valence-corrected chi connectivity index (χ1v) is 8.40. The third kappa shape index (κ3) is 2.54. The van der Waals surface area contributed by atoms with E-state index in [1.165, 1.54) is 15.6 Å². The van der Waals surface area contributed by atoms with Gasteiger partial charge in [0, 0.05) is 6.07 Å². The lowest BCUT2D eigenvalue weighted by Gasteiger charge is -2.43. The number of nitrogens with zero attached hydrogens (tertiary/aromatic N) is 3. The summed E-state index contributed by atoms with van der Waals surface area (Å²) in [5, 5.41) is 7.55. The largest absolute Gasteiger partial charge is 0.480 e. The number of hydrogen-bond acceptors (Lipinski definition) is 4. The summed E-state index contributed by atoms with van der Waals surface area (Å²) in [6, 6.07) is 11.7. The fraction of sp³-hybridized carbons (Fsp3) is 0.316. The van der Waals surface area contributed by atoms with Crippen LogP contribution in [0.15, 0.2) is 42.6 Å². The summed E-state index contributed by atoms with van der Waals surface area (Å²) in [5.74, 6) is 0.271. The number of amides is 1. The lowest BCUT2D eigenvalue weighted by Crippen LogP contribution is -2.51. The molecule has 0 radical (unpaired) electrons. The third-order valence-corrected chi connectivity index (χ3v) is 5.00. The number of rotatable bonds is 4. The fourth-order valence-electron chi connectivity index (χ4n) is 3.50. The number of nitrogens with one attached hydrogen (secondary N) is 1. The Morgan fingerprint density at radius 3 is 2.72 bits per heavy atom. The molecule has 6 heteroatoms. The maximum Gasteiger partial charge on any atom is 0.272 e. The summed E-state index contributed by atoms with van der Waals surface area (Å²) in [4.78, 5) is 17.2. The van der Waals surface area contributed by atoms with E-state index in [0.717, 1.165) is 19.3 Å². The Hall–Kier alpha value is -2.89. The molecule has 128 valence electrons. The maximum atomic E-state index is 13.0. The molecule has 0 atom stereocenters. The van der Waals surface area contributed by atoms with Crippen LogP contribution in [0.25, 0.3) is 5.65 Å². The molecule has 1 saturated carbocycles. The predicted molar refractivity (Wildman–Crippen MR) is 93.7 cm³/mol. The van der Waals surface area contributed by atoms with E-state index in [4.69, 9.17) is 4.74 Å². The number of carbonyl (C=O) groups excluding carboxylic acids is 1. The second-order valence-corrected chi connectivity index (χ2v) is 6.49. The Bertz CT molecular complexity index is 944. The summed E-state index contributed by atoms with van der Waals surface area (Å²) in [5.41, 5.74) is 3.11. The number of hydrogen-bond donors (Lipinski definition) is 1. The van der Waals surface area contributed by atoms with E-state index in [9.17, 15) is 4.79 Å². The number of methoxy groups -OCH3 is 1. The quantitative estimate of drug-likeness (QED) is 0.795. The maximum absolute atomic E-state index is 13.0. The first kappa shape index (κ1) is 15.6. The van der Waals surface area contributed by atoms with Gasteiger partial charge in [-0.05, 0) is 43.4 Å². The van der Waals surface area contributed by atoms with Gasteiger partial charge in [-0.25, -0.2) is 9.50 Å². The zero-order chi connectivity index (χ0) is 17.4. The van der Waals surface area contributed by atoms with Gasteiger partial charge < -0.3 is 10.1 Å². The number of benzene rings is 1. The minimum atomic E-state index is -0.300. The predicted octanol–water partition coefficient (Wildman–Crippen LogP) is 2.86. The molecule has 1 fully saturated rings. The van der Waals surface area contributed by atoms with Crippen LogP contribution in [-0.2, 0) is 5.54 Å². The van der Waals surface area contributed by atoms with Crippen molar-refractivity contribution in [3.05, 3.63) is 59.4 Å². The molecular weight excluding hydrogens is 316 g/mol. The summed E-state index contributed by atoms with van der Waals surface area (Å²) in [7, 11) is 1.55. The molecule has 3 aromatic rings. The molecule has 1 aliphatic carbocycles. The number of aryl methyl sites for hydroxylation is 1. The second-order valence-electron chi connectivity index (χ2n) is 6.49. The van der Waals surface area contributed by atoms with Crippen LogP contribution in [0.3, 0.4) is 0 Å². The number of ether oxygens (including phenoxy) is 1. The summed E-state index contributed by atoms with van der Waals surface area (Å²) in [6.45, 7) is 2.09. The summed E-state index contributed by atoms with van der Waals surface area (Å²) < 4.78 is 6.68. The number of aromatic nitrogens is 3. The van der Waals surface area contributed by atoms with Gasteiger partial charge in [-0.1, -0.05) is 24.3 Å². The van der Waals surface area contributed by atoms with Crippen molar-refractivity contribution in [3.8, 4) is 5.88 Å². The molecule has 1 N–H and O–H groups in total. The standard InChI is InChI=1S/C19H20N4O2/c1-13-6-3-4-7-14(13)19(10-5-11-19)21-18(24)15-12-20-16-8-9-17(25-2)22-23(15)16/h3-4,6-9,12H,5,10-11H2,1-2H3,(H,21,24). The van der Waals surface area contributed by atoms with Gasteiger partial charge in [0.2, 0.25) is 5.88 Å². The Morgan fingerprint density at radius 1 is 1.24 bits per heavy atom. The molecular formula is C19H20N4O2. The molecule has 1 aromatic carbocycles. The lowest BCUT2D eigenvalue weighted by atomic mass is 9.70. The average Bonchev–Trinajstić information content (AvgIpc) is 3.02. The van der Waals surface area contributed by atoms with Crippen LogP contribution in [0, 0.1) is 6.92 Å². The van der Waals surface area contributed by atoms with Crippen LogP contribution in [0.4, 0.5) is 0 Å². The van der Waals surface area contributed by atoms with E-state index in [0.29, 0.717) is 17.2 Å². The third-order valence-electron chi connectivity index (χ3n) is 5.00. The second kappa shape index (κ2) is 5.88. The van der Waals surface area contributed by atoms with E-state index in [1.54, 1.807) is 25.4 Å². The van der Waals surface area contributed by atoms with Gasteiger partial charge in [-0.15, -0.1) is 5.10 Å². The number of carbonyl (C=O) groups is 1. The Kier molecular flexibility index (Phi) is 3.67.